The van der Waals surface area contributed by atoms with Gasteiger partial charge in [-0.2, -0.15) is 0 Å². The Morgan fingerprint density at radius 1 is 0.774 bits per heavy atom. The van der Waals surface area contributed by atoms with Gasteiger partial charge in [0.05, 0.1) is 13.1 Å². The van der Waals surface area contributed by atoms with Gasteiger partial charge in [-0.3, -0.25) is 9.59 Å². The van der Waals surface area contributed by atoms with E-state index in [4.69, 9.17) is 0 Å². The van der Waals surface area contributed by atoms with E-state index in [2.05, 4.69) is 22.8 Å². The second-order valence-corrected chi connectivity index (χ2v) is 9.50. The minimum atomic E-state index is -0.197. The maximum atomic E-state index is 12.6. The number of benzene rings is 2. The van der Waals surface area contributed by atoms with Crippen LogP contribution in [0.25, 0.3) is 11.1 Å². The van der Waals surface area contributed by atoms with Gasteiger partial charge in [0.1, 0.15) is 13.1 Å². The summed E-state index contributed by atoms with van der Waals surface area (Å²) < 4.78 is 0. The van der Waals surface area contributed by atoms with Crippen LogP contribution in [0.5, 0.6) is 0 Å². The van der Waals surface area contributed by atoms with Crippen LogP contribution in [-0.4, -0.2) is 56.6 Å². The van der Waals surface area contributed by atoms with Crippen LogP contribution in [0.2, 0.25) is 0 Å². The molecular weight excluding hydrogens is 388 g/mol. The van der Waals surface area contributed by atoms with E-state index in [0.717, 1.165) is 49.4 Å². The summed E-state index contributed by atoms with van der Waals surface area (Å²) in [6.07, 6.45) is 1.02. The summed E-state index contributed by atoms with van der Waals surface area (Å²) in [6, 6.07) is 18.2. The molecule has 6 nitrogen and oxygen atoms in total. The lowest BCUT2D eigenvalue weighted by atomic mass is 10.1. The van der Waals surface area contributed by atoms with Gasteiger partial charge in [-0.1, -0.05) is 42.5 Å². The predicted molar refractivity (Wildman–Crippen MR) is 124 cm³/mol. The zero-order valence-corrected chi connectivity index (χ0v) is 19.0. The van der Waals surface area contributed by atoms with Crippen molar-refractivity contribution in [1.82, 2.24) is 5.32 Å². The van der Waals surface area contributed by atoms with Crippen molar-refractivity contribution in [3.63, 3.8) is 0 Å². The highest BCUT2D eigenvalue weighted by atomic mass is 16.2. The number of carbonyl (C=O) groups is 2. The second kappa shape index (κ2) is 10.6. The van der Waals surface area contributed by atoms with Crippen LogP contribution in [0.3, 0.4) is 0 Å². The normalized spacial score (nSPS) is 19.3. The van der Waals surface area contributed by atoms with Crippen LogP contribution in [0.15, 0.2) is 54.6 Å². The van der Waals surface area contributed by atoms with E-state index in [0.29, 0.717) is 13.1 Å². The van der Waals surface area contributed by atoms with Crippen LogP contribution in [0, 0.1) is 0 Å². The molecule has 4 N–H and O–H groups in total. The fourth-order valence-corrected chi connectivity index (χ4v) is 4.04. The lowest BCUT2D eigenvalue weighted by molar-refractivity contribution is -0.930. The first-order valence-electron chi connectivity index (χ1n) is 11.2. The highest BCUT2D eigenvalue weighted by Crippen LogP contribution is 2.20. The number of amides is 2. The van der Waals surface area contributed by atoms with Crippen LogP contribution in [0.4, 0.5) is 5.69 Å². The molecule has 6 heteroatoms. The molecule has 1 aliphatic rings. The first kappa shape index (κ1) is 23.0. The molecule has 2 aromatic rings. The van der Waals surface area contributed by atoms with Gasteiger partial charge in [0.15, 0.2) is 13.1 Å². The number of hydrogen-bond acceptors (Lipinski definition) is 2. The van der Waals surface area contributed by atoms with Crippen molar-refractivity contribution in [2.45, 2.75) is 32.7 Å². The minimum absolute atomic E-state index is 0.0383. The van der Waals surface area contributed by atoms with Gasteiger partial charge in [-0.05, 0) is 44.0 Å². The van der Waals surface area contributed by atoms with Crippen molar-refractivity contribution < 1.29 is 19.4 Å². The van der Waals surface area contributed by atoms with Gasteiger partial charge in [0.25, 0.3) is 11.8 Å². The molecule has 1 aliphatic heterocycles. The molecular formula is C25H36N4O2+2. The van der Waals surface area contributed by atoms with Crippen molar-refractivity contribution in [1.29, 1.82) is 0 Å². The summed E-state index contributed by atoms with van der Waals surface area (Å²) in [5, 5.41) is 6.07. The van der Waals surface area contributed by atoms with Gasteiger partial charge in [-0.15, -0.1) is 0 Å². The fraction of sp³-hybridized carbons (Fsp3) is 0.440. The standard InChI is InChI=1S/C25H34N4O2/c1-25(2,3)27-24(31)19-29-15-7-14-28(16-17-29)18-23(30)26-22-12-10-21(11-13-22)20-8-5-4-6-9-20/h4-6,8-13H,7,14-19H2,1-3H3,(H,26,30)(H,27,31)/p+2. The van der Waals surface area contributed by atoms with Gasteiger partial charge in [-0.25, -0.2) is 0 Å². The molecule has 31 heavy (non-hydrogen) atoms. The third kappa shape index (κ3) is 7.81. The van der Waals surface area contributed by atoms with E-state index >= 15 is 0 Å². The molecule has 3 rings (SSSR count). The van der Waals surface area contributed by atoms with Crippen molar-refractivity contribution in [2.75, 3.05) is 44.6 Å². The summed E-state index contributed by atoms with van der Waals surface area (Å²) in [6.45, 7) is 10.7. The average molecular weight is 425 g/mol. The molecule has 2 unspecified atom stereocenters. The molecule has 0 radical (unpaired) electrons. The molecule has 0 aliphatic carbocycles. The number of nitrogens with one attached hydrogen (secondary N) is 4. The molecule has 2 amide bonds. The average Bonchev–Trinajstić information content (AvgIpc) is 2.92. The highest BCUT2D eigenvalue weighted by Gasteiger charge is 2.25. The van der Waals surface area contributed by atoms with Gasteiger partial charge >= 0.3 is 0 Å². The zero-order valence-electron chi connectivity index (χ0n) is 19.0. The highest BCUT2D eigenvalue weighted by molar-refractivity contribution is 5.91. The fourth-order valence-electron chi connectivity index (χ4n) is 4.04. The Morgan fingerprint density at radius 2 is 1.32 bits per heavy atom. The van der Waals surface area contributed by atoms with Crippen molar-refractivity contribution in [3.8, 4) is 11.1 Å². The Balaban J connectivity index is 1.45. The molecule has 1 heterocycles. The monoisotopic (exact) mass is 424 g/mol. The summed E-state index contributed by atoms with van der Waals surface area (Å²) in [7, 11) is 0. The van der Waals surface area contributed by atoms with E-state index in [1.165, 1.54) is 9.80 Å². The summed E-state index contributed by atoms with van der Waals surface area (Å²) in [5.74, 6) is 0.138. The Kier molecular flexibility index (Phi) is 7.82. The molecule has 0 bridgehead atoms. The summed E-state index contributed by atoms with van der Waals surface area (Å²) in [4.78, 5) is 27.4. The molecule has 2 aromatic carbocycles. The van der Waals surface area contributed by atoms with E-state index in [9.17, 15) is 9.59 Å². The second-order valence-electron chi connectivity index (χ2n) is 9.50. The van der Waals surface area contributed by atoms with Crippen molar-refractivity contribution >= 4 is 17.5 Å². The molecule has 2 atom stereocenters. The van der Waals surface area contributed by atoms with Crippen molar-refractivity contribution in [3.05, 3.63) is 54.6 Å². The molecule has 166 valence electrons. The predicted octanol–water partition coefficient (Wildman–Crippen LogP) is 0.380. The number of hydrogen-bond donors (Lipinski definition) is 4. The SMILES string of the molecule is CC(C)(C)NC(=O)C[NH+]1CCC[NH+](CC(=O)Nc2ccc(-c3ccccc3)cc2)CC1. The number of rotatable bonds is 6. The van der Waals surface area contributed by atoms with Crippen LogP contribution in [0.1, 0.15) is 27.2 Å². The van der Waals surface area contributed by atoms with Crippen molar-refractivity contribution in [2.24, 2.45) is 0 Å². The zero-order chi connectivity index (χ0) is 22.3. The van der Waals surface area contributed by atoms with Gasteiger partial charge in [0.2, 0.25) is 0 Å². The Morgan fingerprint density at radius 3 is 1.90 bits per heavy atom. The third-order valence-corrected chi connectivity index (χ3v) is 5.50. The quantitative estimate of drug-likeness (QED) is 0.542. The van der Waals surface area contributed by atoms with Crippen LogP contribution < -0.4 is 20.4 Å². The largest absolute Gasteiger partial charge is 0.347 e. The Labute approximate surface area is 185 Å². The first-order chi connectivity index (χ1) is 14.8. The molecule has 1 fully saturated rings. The van der Waals surface area contributed by atoms with Crippen LogP contribution >= 0.6 is 0 Å². The smallest absolute Gasteiger partial charge is 0.279 e. The lowest BCUT2D eigenvalue weighted by Gasteiger charge is -2.22. The molecule has 0 spiro atoms. The number of carbonyl (C=O) groups excluding carboxylic acids is 2. The molecule has 0 saturated carbocycles. The Hall–Kier alpha value is -2.70. The van der Waals surface area contributed by atoms with Crippen LogP contribution in [-0.2, 0) is 9.59 Å². The Bertz CT molecular complexity index is 859. The van der Waals surface area contributed by atoms with E-state index < -0.39 is 0 Å². The van der Waals surface area contributed by atoms with Gasteiger partial charge < -0.3 is 20.4 Å². The maximum absolute atomic E-state index is 12.6. The molecule has 1 saturated heterocycles. The third-order valence-electron chi connectivity index (χ3n) is 5.50. The first-order valence-corrected chi connectivity index (χ1v) is 11.2. The molecule has 0 aromatic heterocycles. The number of anilines is 1. The lowest BCUT2D eigenvalue weighted by Crippen LogP contribution is -3.18. The van der Waals surface area contributed by atoms with E-state index in [-0.39, 0.29) is 17.4 Å². The summed E-state index contributed by atoms with van der Waals surface area (Å²) in [5.41, 5.74) is 2.93. The van der Waals surface area contributed by atoms with E-state index in [1.807, 2.05) is 63.2 Å². The number of quaternary nitrogens is 2. The maximum Gasteiger partial charge on any atom is 0.279 e. The minimum Gasteiger partial charge on any atom is -0.347 e. The topological polar surface area (TPSA) is 67.1 Å². The van der Waals surface area contributed by atoms with Gasteiger partial charge in [0, 0.05) is 17.6 Å². The van der Waals surface area contributed by atoms with E-state index in [1.54, 1.807) is 0 Å². The summed E-state index contributed by atoms with van der Waals surface area (Å²) >= 11 is 0.